The standard InChI is InChI=1S/C26H29NO3/c1-2-3-18-27(24-15-8-5-9-16-24)19-20-29-26(28)30-25-17-11-10-14-23(25)21-22-12-6-4-7-13-22/h4-17H,2-3,18-21H2,1H3. The largest absolute Gasteiger partial charge is 0.513 e. The van der Waals surface area contributed by atoms with Crippen LogP contribution in [0.2, 0.25) is 0 Å². The first-order chi connectivity index (χ1) is 14.8. The van der Waals surface area contributed by atoms with E-state index in [1.807, 2.05) is 54.6 Å². The molecule has 0 saturated carbocycles. The molecule has 0 saturated heterocycles. The van der Waals surface area contributed by atoms with E-state index in [1.54, 1.807) is 6.07 Å². The first kappa shape index (κ1) is 21.4. The summed E-state index contributed by atoms with van der Waals surface area (Å²) in [7, 11) is 0. The molecular weight excluding hydrogens is 374 g/mol. The van der Waals surface area contributed by atoms with Gasteiger partial charge in [0, 0.05) is 18.7 Å². The van der Waals surface area contributed by atoms with E-state index in [2.05, 4.69) is 36.1 Å². The van der Waals surface area contributed by atoms with Gasteiger partial charge in [0.15, 0.2) is 0 Å². The summed E-state index contributed by atoms with van der Waals surface area (Å²) >= 11 is 0. The van der Waals surface area contributed by atoms with Crippen LogP contribution in [0.15, 0.2) is 84.9 Å². The Morgan fingerprint density at radius 1 is 0.833 bits per heavy atom. The minimum absolute atomic E-state index is 0.276. The predicted molar refractivity (Wildman–Crippen MR) is 121 cm³/mol. The highest BCUT2D eigenvalue weighted by atomic mass is 16.7. The van der Waals surface area contributed by atoms with Gasteiger partial charge in [0.2, 0.25) is 0 Å². The van der Waals surface area contributed by atoms with Crippen LogP contribution >= 0.6 is 0 Å². The summed E-state index contributed by atoms with van der Waals surface area (Å²) in [6.45, 7) is 4.01. The van der Waals surface area contributed by atoms with Gasteiger partial charge in [0.25, 0.3) is 0 Å². The van der Waals surface area contributed by atoms with Crippen LogP contribution in [-0.2, 0) is 11.2 Å². The number of benzene rings is 3. The van der Waals surface area contributed by atoms with Crippen molar-refractivity contribution in [2.24, 2.45) is 0 Å². The highest BCUT2D eigenvalue weighted by Gasteiger charge is 2.12. The Morgan fingerprint density at radius 2 is 1.50 bits per heavy atom. The topological polar surface area (TPSA) is 38.8 Å². The summed E-state index contributed by atoms with van der Waals surface area (Å²) < 4.78 is 10.9. The summed E-state index contributed by atoms with van der Waals surface area (Å²) in [5.74, 6) is 0.539. The molecule has 3 rings (SSSR count). The number of unbranched alkanes of at least 4 members (excludes halogenated alkanes) is 1. The van der Waals surface area contributed by atoms with Gasteiger partial charge in [-0.3, -0.25) is 0 Å². The summed E-state index contributed by atoms with van der Waals surface area (Å²) in [5, 5.41) is 0. The molecule has 0 spiro atoms. The number of rotatable bonds is 10. The minimum Gasteiger partial charge on any atom is -0.432 e. The van der Waals surface area contributed by atoms with Crippen molar-refractivity contribution in [3.8, 4) is 5.75 Å². The molecule has 0 aliphatic heterocycles. The van der Waals surface area contributed by atoms with E-state index in [0.717, 1.165) is 36.2 Å². The van der Waals surface area contributed by atoms with E-state index in [4.69, 9.17) is 9.47 Å². The van der Waals surface area contributed by atoms with Gasteiger partial charge >= 0.3 is 6.16 Å². The summed E-state index contributed by atoms with van der Waals surface area (Å²) in [6.07, 6.45) is 2.23. The van der Waals surface area contributed by atoms with E-state index < -0.39 is 6.16 Å². The van der Waals surface area contributed by atoms with Gasteiger partial charge in [-0.25, -0.2) is 4.79 Å². The lowest BCUT2D eigenvalue weighted by molar-refractivity contribution is 0.101. The number of carbonyl (C=O) groups excluding carboxylic acids is 1. The Balaban J connectivity index is 1.54. The van der Waals surface area contributed by atoms with E-state index in [9.17, 15) is 4.79 Å². The molecule has 0 heterocycles. The van der Waals surface area contributed by atoms with Crippen molar-refractivity contribution < 1.29 is 14.3 Å². The Labute approximate surface area is 179 Å². The van der Waals surface area contributed by atoms with Gasteiger partial charge in [-0.2, -0.15) is 0 Å². The van der Waals surface area contributed by atoms with Crippen molar-refractivity contribution in [3.05, 3.63) is 96.1 Å². The van der Waals surface area contributed by atoms with Crippen LogP contribution in [0.25, 0.3) is 0 Å². The molecule has 0 unspecified atom stereocenters. The van der Waals surface area contributed by atoms with Crippen molar-refractivity contribution in [1.82, 2.24) is 0 Å². The molecule has 4 heteroatoms. The monoisotopic (exact) mass is 403 g/mol. The highest BCUT2D eigenvalue weighted by Crippen LogP contribution is 2.22. The Morgan fingerprint density at radius 3 is 2.23 bits per heavy atom. The van der Waals surface area contributed by atoms with Gasteiger partial charge in [0.05, 0.1) is 6.54 Å². The molecule has 0 N–H and O–H groups in total. The van der Waals surface area contributed by atoms with Crippen molar-refractivity contribution >= 4 is 11.8 Å². The van der Waals surface area contributed by atoms with Gasteiger partial charge in [-0.1, -0.05) is 80.1 Å². The minimum atomic E-state index is -0.668. The molecule has 0 aromatic heterocycles. The maximum absolute atomic E-state index is 12.3. The van der Waals surface area contributed by atoms with Crippen LogP contribution in [0.1, 0.15) is 30.9 Å². The second-order valence-corrected chi connectivity index (χ2v) is 7.15. The first-order valence-corrected chi connectivity index (χ1v) is 10.5. The van der Waals surface area contributed by atoms with E-state index >= 15 is 0 Å². The van der Waals surface area contributed by atoms with E-state index in [0.29, 0.717) is 18.7 Å². The molecule has 0 fully saturated rings. The predicted octanol–water partition coefficient (Wildman–Crippen LogP) is 6.10. The number of hydrogen-bond donors (Lipinski definition) is 0. The second-order valence-electron chi connectivity index (χ2n) is 7.15. The number of hydrogen-bond acceptors (Lipinski definition) is 4. The smallest absolute Gasteiger partial charge is 0.432 e. The fraction of sp³-hybridized carbons (Fsp3) is 0.269. The summed E-state index contributed by atoms with van der Waals surface area (Å²) in [6, 6.07) is 27.9. The number of carbonyl (C=O) groups is 1. The molecule has 0 aliphatic rings. The lowest BCUT2D eigenvalue weighted by Gasteiger charge is -2.24. The molecule has 156 valence electrons. The fourth-order valence-electron chi connectivity index (χ4n) is 3.28. The summed E-state index contributed by atoms with van der Waals surface area (Å²) in [4.78, 5) is 14.5. The summed E-state index contributed by atoms with van der Waals surface area (Å²) in [5.41, 5.74) is 3.25. The van der Waals surface area contributed by atoms with Crippen molar-refractivity contribution in [1.29, 1.82) is 0 Å². The molecule has 0 atom stereocenters. The maximum Gasteiger partial charge on any atom is 0.513 e. The van der Waals surface area contributed by atoms with Crippen LogP contribution in [0, 0.1) is 0 Å². The lowest BCUT2D eigenvalue weighted by atomic mass is 10.0. The molecule has 3 aromatic carbocycles. The number of ether oxygens (including phenoxy) is 2. The normalized spacial score (nSPS) is 10.4. The zero-order chi connectivity index (χ0) is 21.0. The van der Waals surface area contributed by atoms with Gasteiger partial charge in [0.1, 0.15) is 12.4 Å². The van der Waals surface area contributed by atoms with Crippen LogP contribution in [0.3, 0.4) is 0 Å². The third kappa shape index (κ3) is 6.66. The SMILES string of the molecule is CCCCN(CCOC(=O)Oc1ccccc1Cc1ccccc1)c1ccccc1. The Kier molecular flexibility index (Phi) is 8.34. The molecule has 0 bridgehead atoms. The zero-order valence-electron chi connectivity index (χ0n) is 17.5. The average Bonchev–Trinajstić information content (AvgIpc) is 2.79. The molecule has 30 heavy (non-hydrogen) atoms. The molecule has 0 amide bonds. The maximum atomic E-state index is 12.3. The van der Waals surface area contributed by atoms with Crippen molar-refractivity contribution in [2.75, 3.05) is 24.6 Å². The van der Waals surface area contributed by atoms with Crippen LogP contribution in [-0.4, -0.2) is 25.9 Å². The second kappa shape index (κ2) is 11.7. The first-order valence-electron chi connectivity index (χ1n) is 10.5. The third-order valence-electron chi connectivity index (χ3n) is 4.89. The molecule has 4 nitrogen and oxygen atoms in total. The van der Waals surface area contributed by atoms with E-state index in [-0.39, 0.29) is 6.61 Å². The third-order valence-corrected chi connectivity index (χ3v) is 4.89. The molecule has 0 radical (unpaired) electrons. The zero-order valence-corrected chi connectivity index (χ0v) is 17.5. The number of anilines is 1. The highest BCUT2D eigenvalue weighted by molar-refractivity contribution is 5.64. The molecule has 0 aliphatic carbocycles. The average molecular weight is 404 g/mol. The molecule has 3 aromatic rings. The Bertz CT molecular complexity index is 896. The fourth-order valence-corrected chi connectivity index (χ4v) is 3.28. The molecular formula is C26H29NO3. The number of para-hydroxylation sites is 2. The van der Waals surface area contributed by atoms with Crippen LogP contribution in [0.4, 0.5) is 10.5 Å². The van der Waals surface area contributed by atoms with Crippen LogP contribution < -0.4 is 9.64 Å². The lowest BCUT2D eigenvalue weighted by Crippen LogP contribution is -2.29. The van der Waals surface area contributed by atoms with E-state index in [1.165, 1.54) is 0 Å². The van der Waals surface area contributed by atoms with Gasteiger partial charge in [-0.15, -0.1) is 0 Å². The quantitative estimate of drug-likeness (QED) is 0.303. The van der Waals surface area contributed by atoms with Crippen molar-refractivity contribution in [2.45, 2.75) is 26.2 Å². The van der Waals surface area contributed by atoms with Gasteiger partial charge in [-0.05, 0) is 35.7 Å². The van der Waals surface area contributed by atoms with Crippen molar-refractivity contribution in [3.63, 3.8) is 0 Å². The Hall–Kier alpha value is -3.27. The number of nitrogens with zero attached hydrogens (tertiary/aromatic N) is 1. The van der Waals surface area contributed by atoms with Crippen LogP contribution in [0.5, 0.6) is 5.75 Å². The van der Waals surface area contributed by atoms with Gasteiger partial charge < -0.3 is 14.4 Å².